The van der Waals surface area contributed by atoms with Crippen molar-refractivity contribution in [1.82, 2.24) is 0 Å². The molecular formula is H3BO5P. The molecule has 0 fully saturated rings. The minimum atomic E-state index is -4.64. The first-order chi connectivity index (χ1) is 3.00. The molecule has 0 atom stereocenters. The zero-order valence-electron chi connectivity index (χ0n) is 3.18. The first kappa shape index (κ1) is 10.1. The molecule has 0 unspecified atom stereocenters. The Balaban J connectivity index is 0. The van der Waals surface area contributed by atoms with Crippen LogP contribution in [0.25, 0.3) is 0 Å². The van der Waals surface area contributed by atoms with Crippen molar-refractivity contribution in [1.29, 1.82) is 0 Å². The Labute approximate surface area is 40.6 Å². The van der Waals surface area contributed by atoms with Crippen LogP contribution in [-0.2, 0) is 9.27 Å². The van der Waals surface area contributed by atoms with Gasteiger partial charge in [-0.05, 0) is 0 Å². The van der Waals surface area contributed by atoms with Crippen LogP contribution in [0.1, 0.15) is 0 Å². The summed E-state index contributed by atoms with van der Waals surface area (Å²) in [5, 5.41) is 0. The quantitative estimate of drug-likeness (QED) is 0.272. The summed E-state index contributed by atoms with van der Waals surface area (Å²) < 4.78 is 16.6. The SMILES string of the molecule is O=P(O)(O)O.[B]=O. The van der Waals surface area contributed by atoms with Crippen LogP contribution < -0.4 is 0 Å². The van der Waals surface area contributed by atoms with Gasteiger partial charge in [-0.25, -0.2) is 4.57 Å². The Morgan fingerprint density at radius 2 is 1.14 bits per heavy atom. The van der Waals surface area contributed by atoms with Crippen LogP contribution in [-0.4, -0.2) is 22.4 Å². The zero-order chi connectivity index (χ0) is 6.50. The molecule has 0 saturated heterocycles. The fourth-order valence-electron chi connectivity index (χ4n) is 0. The number of phosphoric acid groups is 1. The van der Waals surface area contributed by atoms with Crippen LogP contribution in [0.4, 0.5) is 0 Å². The molecule has 0 heterocycles. The summed E-state index contributed by atoms with van der Waals surface area (Å²) in [5.74, 6) is 0. The fraction of sp³-hybridized carbons (Fsp3) is 0. The Kier molecular flexibility index (Phi) is 5.95. The molecule has 0 amide bonds. The van der Waals surface area contributed by atoms with E-state index >= 15 is 0 Å². The van der Waals surface area contributed by atoms with Gasteiger partial charge in [-0.2, -0.15) is 0 Å². The van der Waals surface area contributed by atoms with E-state index in [-0.39, 0.29) is 0 Å². The third-order valence-electron chi connectivity index (χ3n) is 0. The molecule has 0 aliphatic carbocycles. The molecule has 0 aromatic heterocycles. The average molecular weight is 125 g/mol. The van der Waals surface area contributed by atoms with Crippen molar-refractivity contribution < 1.29 is 23.9 Å². The minimum absolute atomic E-state index is 3.25. The Morgan fingerprint density at radius 1 is 1.14 bits per heavy atom. The fourth-order valence-corrected chi connectivity index (χ4v) is 0. The third-order valence-corrected chi connectivity index (χ3v) is 0. The molecule has 5 nitrogen and oxygen atoms in total. The third kappa shape index (κ3) is 150000. The van der Waals surface area contributed by atoms with Crippen LogP contribution in [0.15, 0.2) is 0 Å². The van der Waals surface area contributed by atoms with Gasteiger partial charge < -0.3 is 14.7 Å². The van der Waals surface area contributed by atoms with E-state index in [4.69, 9.17) is 23.9 Å². The van der Waals surface area contributed by atoms with Gasteiger partial charge in [0.1, 0.15) is 0 Å². The first-order valence-electron chi connectivity index (χ1n) is 1.02. The van der Waals surface area contributed by atoms with Gasteiger partial charge >= 0.3 is 20.2 Å². The van der Waals surface area contributed by atoms with Crippen LogP contribution in [0.2, 0.25) is 0 Å². The average Bonchev–Trinajstić information content (AvgIpc) is 1.36. The molecule has 0 rings (SSSR count). The predicted molar refractivity (Wildman–Crippen MR) is 20.7 cm³/mol. The first-order valence-corrected chi connectivity index (χ1v) is 2.58. The van der Waals surface area contributed by atoms with Crippen molar-refractivity contribution in [2.24, 2.45) is 0 Å². The molecule has 0 aliphatic rings. The summed E-state index contributed by atoms with van der Waals surface area (Å²) in [4.78, 5) is 21.6. The topological polar surface area (TPSA) is 94.8 Å². The molecule has 0 spiro atoms. The van der Waals surface area contributed by atoms with Gasteiger partial charge in [0.05, 0.1) is 0 Å². The van der Waals surface area contributed by atoms with E-state index < -0.39 is 7.82 Å². The van der Waals surface area contributed by atoms with Gasteiger partial charge in [-0.15, -0.1) is 0 Å². The molecule has 0 saturated carbocycles. The Hall–Kier alpha value is -0.0251. The molecule has 0 aliphatic heterocycles. The summed E-state index contributed by atoms with van der Waals surface area (Å²) in [7, 11) is -1.39. The van der Waals surface area contributed by atoms with Crippen molar-refractivity contribution in [3.05, 3.63) is 0 Å². The van der Waals surface area contributed by atoms with Gasteiger partial charge in [-0.1, -0.05) is 0 Å². The van der Waals surface area contributed by atoms with Crippen LogP contribution >= 0.6 is 7.82 Å². The van der Waals surface area contributed by atoms with Gasteiger partial charge in [0.25, 0.3) is 0 Å². The zero-order valence-corrected chi connectivity index (χ0v) is 4.08. The van der Waals surface area contributed by atoms with E-state index in [1.807, 2.05) is 0 Å². The van der Waals surface area contributed by atoms with Crippen molar-refractivity contribution in [2.75, 3.05) is 0 Å². The summed E-state index contributed by atoms with van der Waals surface area (Å²) in [6.07, 6.45) is 0. The van der Waals surface area contributed by atoms with Crippen molar-refractivity contribution in [2.45, 2.75) is 0 Å². The molecule has 1 radical (unpaired) electrons. The van der Waals surface area contributed by atoms with Crippen LogP contribution in [0.3, 0.4) is 0 Å². The second-order valence-corrected chi connectivity index (χ2v) is 1.54. The van der Waals surface area contributed by atoms with Gasteiger partial charge in [0.15, 0.2) is 0 Å². The van der Waals surface area contributed by atoms with Crippen LogP contribution in [0, 0.1) is 0 Å². The second kappa shape index (κ2) is 4.14. The summed E-state index contributed by atoms with van der Waals surface area (Å²) >= 11 is 0. The van der Waals surface area contributed by atoms with E-state index in [9.17, 15) is 0 Å². The molecule has 0 aromatic carbocycles. The maximum absolute atomic E-state index is 8.88. The second-order valence-electron chi connectivity index (χ2n) is 0.513. The number of rotatable bonds is 0. The monoisotopic (exact) mass is 125 g/mol. The van der Waals surface area contributed by atoms with E-state index in [1.54, 1.807) is 0 Å². The van der Waals surface area contributed by atoms with Crippen LogP contribution in [0.5, 0.6) is 0 Å². The van der Waals surface area contributed by atoms with Crippen molar-refractivity contribution in [3.8, 4) is 0 Å². The Morgan fingerprint density at radius 3 is 1.14 bits per heavy atom. The number of hydrogen-bond donors (Lipinski definition) is 3. The van der Waals surface area contributed by atoms with Gasteiger partial charge in [0, 0.05) is 0 Å². The summed E-state index contributed by atoms with van der Waals surface area (Å²) in [6, 6.07) is 0. The van der Waals surface area contributed by atoms with Gasteiger partial charge in [-0.3, -0.25) is 0 Å². The standard InChI is InChI=1S/BO.H3O4P/c1-2;1-5(2,3)4/h;(H3,1,2,3,4). The predicted octanol–water partition coefficient (Wildman–Crippen LogP) is -1.43. The normalized spacial score (nSPS) is 8.86. The van der Waals surface area contributed by atoms with E-state index in [2.05, 4.69) is 7.72 Å². The maximum atomic E-state index is 8.88. The van der Waals surface area contributed by atoms with E-state index in [0.29, 0.717) is 0 Å². The van der Waals surface area contributed by atoms with E-state index in [0.717, 1.165) is 0 Å². The molecule has 3 N–H and O–H groups in total. The molecule has 41 valence electrons. The molecule has 0 bridgehead atoms. The summed E-state index contributed by atoms with van der Waals surface area (Å²) in [5.41, 5.74) is 0. The molecule has 0 aromatic rings. The number of hydrogen-bond acceptors (Lipinski definition) is 2. The summed E-state index contributed by atoms with van der Waals surface area (Å²) in [6.45, 7) is 0. The Bertz CT molecular complexity index is 63.9. The molecule has 7 heavy (non-hydrogen) atoms. The van der Waals surface area contributed by atoms with Crippen molar-refractivity contribution >= 4 is 15.5 Å². The molecular weight excluding hydrogens is 122 g/mol. The van der Waals surface area contributed by atoms with E-state index in [1.165, 1.54) is 0 Å². The van der Waals surface area contributed by atoms with Crippen molar-refractivity contribution in [3.63, 3.8) is 0 Å². The van der Waals surface area contributed by atoms with Gasteiger partial charge in [0.2, 0.25) is 0 Å². The molecule has 7 heteroatoms.